The number of rotatable bonds is 6. The second-order valence-corrected chi connectivity index (χ2v) is 6.24. The van der Waals surface area contributed by atoms with Gasteiger partial charge in [0.05, 0.1) is 12.0 Å². The molecule has 8 heteroatoms. The SMILES string of the molecule is C#CCOc1ccc(/C=C2/SC(=S)N(CC(=O)O)C2=O)cc1OC. The Labute approximate surface area is 148 Å². The van der Waals surface area contributed by atoms with Crippen LogP contribution in [0, 0.1) is 12.3 Å². The van der Waals surface area contributed by atoms with E-state index in [9.17, 15) is 9.59 Å². The van der Waals surface area contributed by atoms with Crippen LogP contribution in [0.5, 0.6) is 11.5 Å². The maximum absolute atomic E-state index is 12.2. The minimum atomic E-state index is -1.12. The molecule has 0 spiro atoms. The summed E-state index contributed by atoms with van der Waals surface area (Å²) in [5.74, 6) is 1.78. The Hall–Kier alpha value is -2.50. The monoisotopic (exact) mass is 363 g/mol. The van der Waals surface area contributed by atoms with E-state index in [1.807, 2.05) is 0 Å². The molecule has 1 aliphatic heterocycles. The second-order valence-electron chi connectivity index (χ2n) is 4.56. The largest absolute Gasteiger partial charge is 0.493 e. The third-order valence-corrected chi connectivity index (χ3v) is 4.34. The molecule has 1 saturated heterocycles. The number of thioether (sulfide) groups is 1. The molecule has 0 aliphatic carbocycles. The Morgan fingerprint density at radius 3 is 2.88 bits per heavy atom. The maximum atomic E-state index is 12.2. The molecule has 0 unspecified atom stereocenters. The normalized spacial score (nSPS) is 15.5. The van der Waals surface area contributed by atoms with E-state index in [1.54, 1.807) is 24.3 Å². The van der Waals surface area contributed by atoms with Gasteiger partial charge in [0.1, 0.15) is 17.5 Å². The van der Waals surface area contributed by atoms with E-state index in [0.717, 1.165) is 16.7 Å². The summed E-state index contributed by atoms with van der Waals surface area (Å²) in [6.07, 6.45) is 6.78. The predicted molar refractivity (Wildman–Crippen MR) is 94.8 cm³/mol. The van der Waals surface area contributed by atoms with Crippen LogP contribution >= 0.6 is 24.0 Å². The first kappa shape index (κ1) is 17.8. The lowest BCUT2D eigenvalue weighted by atomic mass is 10.2. The number of benzene rings is 1. The van der Waals surface area contributed by atoms with Crippen LogP contribution in [0.4, 0.5) is 0 Å². The molecule has 124 valence electrons. The predicted octanol–water partition coefficient (Wildman–Crippen LogP) is 1.99. The van der Waals surface area contributed by atoms with Crippen molar-refractivity contribution in [2.75, 3.05) is 20.3 Å². The average molecular weight is 363 g/mol. The van der Waals surface area contributed by atoms with Gasteiger partial charge in [-0.1, -0.05) is 36.0 Å². The third kappa shape index (κ3) is 4.07. The van der Waals surface area contributed by atoms with Crippen molar-refractivity contribution in [3.8, 4) is 23.8 Å². The van der Waals surface area contributed by atoms with Gasteiger partial charge in [0.2, 0.25) is 0 Å². The number of amides is 1. The summed E-state index contributed by atoms with van der Waals surface area (Å²) < 4.78 is 10.8. The highest BCUT2D eigenvalue weighted by molar-refractivity contribution is 8.26. The van der Waals surface area contributed by atoms with Gasteiger partial charge in [-0.25, -0.2) is 0 Å². The van der Waals surface area contributed by atoms with Crippen molar-refractivity contribution < 1.29 is 24.2 Å². The zero-order valence-corrected chi connectivity index (χ0v) is 14.3. The number of carboxylic acid groups (broad SMARTS) is 1. The molecule has 2 rings (SSSR count). The number of nitrogens with zero attached hydrogens (tertiary/aromatic N) is 1. The smallest absolute Gasteiger partial charge is 0.323 e. The van der Waals surface area contributed by atoms with E-state index in [0.29, 0.717) is 22.0 Å². The average Bonchev–Trinajstić information content (AvgIpc) is 2.80. The Morgan fingerprint density at radius 2 is 2.25 bits per heavy atom. The minimum absolute atomic E-state index is 0.115. The van der Waals surface area contributed by atoms with Gasteiger partial charge in [-0.3, -0.25) is 14.5 Å². The van der Waals surface area contributed by atoms with Crippen molar-refractivity contribution in [3.05, 3.63) is 28.7 Å². The minimum Gasteiger partial charge on any atom is -0.493 e. The van der Waals surface area contributed by atoms with Crippen LogP contribution in [0.25, 0.3) is 6.08 Å². The van der Waals surface area contributed by atoms with Gasteiger partial charge in [0, 0.05) is 0 Å². The van der Waals surface area contributed by atoms with Gasteiger partial charge in [-0.15, -0.1) is 6.42 Å². The quantitative estimate of drug-likeness (QED) is 0.471. The molecule has 1 aromatic carbocycles. The number of hydrogen-bond acceptors (Lipinski definition) is 6. The summed E-state index contributed by atoms with van der Waals surface area (Å²) in [5.41, 5.74) is 0.690. The number of terminal acetylenes is 1. The highest BCUT2D eigenvalue weighted by atomic mass is 32.2. The Balaban J connectivity index is 2.25. The number of carboxylic acids is 1. The van der Waals surface area contributed by atoms with Crippen LogP contribution in [-0.2, 0) is 9.59 Å². The Bertz CT molecular complexity index is 766. The molecule has 0 saturated carbocycles. The highest BCUT2D eigenvalue weighted by Gasteiger charge is 2.33. The lowest BCUT2D eigenvalue weighted by Gasteiger charge is -2.10. The van der Waals surface area contributed by atoms with Gasteiger partial charge in [0.25, 0.3) is 5.91 Å². The topological polar surface area (TPSA) is 76.1 Å². The van der Waals surface area contributed by atoms with E-state index in [4.69, 9.17) is 33.2 Å². The molecular formula is C16H13NO5S2. The fourth-order valence-corrected chi connectivity index (χ4v) is 3.19. The molecule has 0 radical (unpaired) electrons. The number of thiocarbonyl (C=S) groups is 1. The number of carbonyl (C=O) groups is 2. The summed E-state index contributed by atoms with van der Waals surface area (Å²) in [6, 6.07) is 5.10. The van der Waals surface area contributed by atoms with Gasteiger partial charge in [0.15, 0.2) is 11.5 Å². The molecular weight excluding hydrogens is 350 g/mol. The summed E-state index contributed by atoms with van der Waals surface area (Å²) in [7, 11) is 1.49. The van der Waals surface area contributed by atoms with Crippen molar-refractivity contribution >= 4 is 46.3 Å². The zero-order chi connectivity index (χ0) is 17.7. The molecule has 1 heterocycles. The number of methoxy groups -OCH3 is 1. The third-order valence-electron chi connectivity index (χ3n) is 2.96. The van der Waals surface area contributed by atoms with E-state index in [2.05, 4.69) is 5.92 Å². The summed E-state index contributed by atoms with van der Waals surface area (Å²) in [6.45, 7) is -0.340. The fourth-order valence-electron chi connectivity index (χ4n) is 1.94. The lowest BCUT2D eigenvalue weighted by Crippen LogP contribution is -2.33. The lowest BCUT2D eigenvalue weighted by molar-refractivity contribution is -0.140. The van der Waals surface area contributed by atoms with E-state index in [-0.39, 0.29) is 10.9 Å². The Kier molecular flexibility index (Phi) is 5.84. The summed E-state index contributed by atoms with van der Waals surface area (Å²) in [4.78, 5) is 24.4. The van der Waals surface area contributed by atoms with Crippen LogP contribution in [0.15, 0.2) is 23.1 Å². The van der Waals surface area contributed by atoms with E-state index in [1.165, 1.54) is 7.11 Å². The van der Waals surface area contributed by atoms with Gasteiger partial charge in [-0.2, -0.15) is 0 Å². The van der Waals surface area contributed by atoms with Crippen molar-refractivity contribution in [3.63, 3.8) is 0 Å². The first-order valence-electron chi connectivity index (χ1n) is 6.67. The van der Waals surface area contributed by atoms with Gasteiger partial charge < -0.3 is 14.6 Å². The molecule has 6 nitrogen and oxygen atoms in total. The van der Waals surface area contributed by atoms with Crippen molar-refractivity contribution in [1.82, 2.24) is 4.90 Å². The zero-order valence-electron chi connectivity index (χ0n) is 12.6. The van der Waals surface area contributed by atoms with E-state index >= 15 is 0 Å². The van der Waals surface area contributed by atoms with Gasteiger partial charge in [-0.05, 0) is 23.8 Å². The molecule has 1 aliphatic rings. The van der Waals surface area contributed by atoms with Crippen LogP contribution in [0.2, 0.25) is 0 Å². The molecule has 24 heavy (non-hydrogen) atoms. The summed E-state index contributed by atoms with van der Waals surface area (Å²) >= 11 is 6.10. The number of aliphatic carboxylic acids is 1. The molecule has 0 bridgehead atoms. The summed E-state index contributed by atoms with van der Waals surface area (Å²) in [5, 5.41) is 8.83. The molecule has 1 aromatic rings. The molecule has 1 amide bonds. The molecule has 1 N–H and O–H groups in total. The number of carbonyl (C=O) groups excluding carboxylic acids is 1. The second kappa shape index (κ2) is 7.86. The van der Waals surface area contributed by atoms with Crippen LogP contribution < -0.4 is 9.47 Å². The van der Waals surface area contributed by atoms with Crippen molar-refractivity contribution in [2.45, 2.75) is 0 Å². The number of hydrogen-bond donors (Lipinski definition) is 1. The molecule has 1 fully saturated rings. The maximum Gasteiger partial charge on any atom is 0.323 e. The molecule has 0 atom stereocenters. The van der Waals surface area contributed by atoms with Crippen molar-refractivity contribution in [1.29, 1.82) is 0 Å². The molecule has 0 aromatic heterocycles. The standard InChI is InChI=1S/C16H13NO5S2/c1-3-6-22-11-5-4-10(7-12(11)21-2)8-13-15(20)17(9-14(18)19)16(23)24-13/h1,4-5,7-8H,6,9H2,2H3,(H,18,19)/b13-8+. The first-order valence-corrected chi connectivity index (χ1v) is 7.90. The van der Waals surface area contributed by atoms with E-state index < -0.39 is 18.4 Å². The van der Waals surface area contributed by atoms with Crippen molar-refractivity contribution in [2.24, 2.45) is 0 Å². The fraction of sp³-hybridized carbons (Fsp3) is 0.188. The van der Waals surface area contributed by atoms with Crippen LogP contribution in [0.3, 0.4) is 0 Å². The highest BCUT2D eigenvalue weighted by Crippen LogP contribution is 2.34. The number of ether oxygens (including phenoxy) is 2. The van der Waals surface area contributed by atoms with Gasteiger partial charge >= 0.3 is 5.97 Å². The van der Waals surface area contributed by atoms with Crippen LogP contribution in [0.1, 0.15) is 5.56 Å². The van der Waals surface area contributed by atoms with Crippen LogP contribution in [-0.4, -0.2) is 46.5 Å². The Morgan fingerprint density at radius 1 is 1.50 bits per heavy atom. The first-order chi connectivity index (χ1) is 11.5.